The number of carbonyl (C=O) groups excluding carboxylic acids is 1. The lowest BCUT2D eigenvalue weighted by Crippen LogP contribution is -2.58. The van der Waals surface area contributed by atoms with Crippen molar-refractivity contribution in [2.75, 3.05) is 31.1 Å². The van der Waals surface area contributed by atoms with Gasteiger partial charge in [0.25, 0.3) is 0 Å². The van der Waals surface area contributed by atoms with Gasteiger partial charge in [-0.15, -0.1) is 0 Å². The maximum atomic E-state index is 13.0. The van der Waals surface area contributed by atoms with Crippen LogP contribution in [0.5, 0.6) is 0 Å². The average molecular weight is 374 g/mol. The molecule has 0 atom stereocenters. The van der Waals surface area contributed by atoms with Gasteiger partial charge in [0.1, 0.15) is 5.60 Å². The first-order valence-electron chi connectivity index (χ1n) is 8.29. The van der Waals surface area contributed by atoms with E-state index in [9.17, 15) is 18.0 Å². The minimum Gasteiger partial charge on any atom is -0.444 e. The molecule has 0 saturated carbocycles. The molecular formula is C17H25F3N4O2. The number of nitrogens with zero attached hydrogens (tertiary/aromatic N) is 2. The Hall–Kier alpha value is -2.00. The van der Waals surface area contributed by atoms with Crippen LogP contribution in [0.1, 0.15) is 26.3 Å². The Labute approximate surface area is 150 Å². The van der Waals surface area contributed by atoms with Crippen LogP contribution < -0.4 is 16.4 Å². The van der Waals surface area contributed by atoms with Crippen LogP contribution in [0.3, 0.4) is 0 Å². The van der Waals surface area contributed by atoms with Gasteiger partial charge >= 0.3 is 12.3 Å². The van der Waals surface area contributed by atoms with Crippen molar-refractivity contribution < 1.29 is 22.7 Å². The zero-order valence-corrected chi connectivity index (χ0v) is 15.1. The van der Waals surface area contributed by atoms with Crippen molar-refractivity contribution in [2.24, 2.45) is 11.5 Å². The summed E-state index contributed by atoms with van der Waals surface area (Å²) in [5.41, 5.74) is 7.47. The Kier molecular flexibility index (Phi) is 5.44. The van der Waals surface area contributed by atoms with Gasteiger partial charge in [-0.2, -0.15) is 13.2 Å². The van der Waals surface area contributed by atoms with Crippen molar-refractivity contribution in [2.45, 2.75) is 38.2 Å². The van der Waals surface area contributed by atoms with E-state index in [0.29, 0.717) is 31.9 Å². The second-order valence-corrected chi connectivity index (χ2v) is 7.37. The third kappa shape index (κ3) is 4.59. The Morgan fingerprint density at radius 1 is 1.08 bits per heavy atom. The van der Waals surface area contributed by atoms with Crippen molar-refractivity contribution in [3.05, 3.63) is 29.8 Å². The molecule has 0 bridgehead atoms. The third-order valence-electron chi connectivity index (χ3n) is 4.09. The van der Waals surface area contributed by atoms with E-state index in [1.54, 1.807) is 31.7 Å². The van der Waals surface area contributed by atoms with Crippen molar-refractivity contribution in [1.29, 1.82) is 0 Å². The van der Waals surface area contributed by atoms with Gasteiger partial charge in [0.2, 0.25) is 0 Å². The number of carbonyl (C=O) groups is 1. The molecule has 1 saturated heterocycles. The topological polar surface area (TPSA) is 84.8 Å². The van der Waals surface area contributed by atoms with Gasteiger partial charge in [0, 0.05) is 31.9 Å². The van der Waals surface area contributed by atoms with Crippen molar-refractivity contribution in [3.63, 3.8) is 0 Å². The number of rotatable bonds is 2. The Morgan fingerprint density at radius 2 is 1.65 bits per heavy atom. The highest BCUT2D eigenvalue weighted by atomic mass is 19.4. The molecule has 1 aromatic carbocycles. The van der Waals surface area contributed by atoms with Crippen LogP contribution in [0.25, 0.3) is 0 Å². The Morgan fingerprint density at radius 3 is 2.15 bits per heavy atom. The standard InChI is InChI=1S/C17H25F3N4O2/c1-15(2,3)26-14(25)24-9-7-23(8-10-24)13-6-4-5-12(11-13)16(21,22)17(18,19)20/h4-6,11H,7-10,21-22H2,1-3H3. The van der Waals surface area contributed by atoms with E-state index >= 15 is 0 Å². The molecule has 9 heteroatoms. The van der Waals surface area contributed by atoms with Gasteiger partial charge < -0.3 is 26.0 Å². The van der Waals surface area contributed by atoms with E-state index < -0.39 is 23.5 Å². The monoisotopic (exact) mass is 374 g/mol. The first-order chi connectivity index (χ1) is 11.8. The summed E-state index contributed by atoms with van der Waals surface area (Å²) >= 11 is 0. The van der Waals surface area contributed by atoms with Crippen LogP contribution in [0.15, 0.2) is 24.3 Å². The molecule has 146 valence electrons. The summed E-state index contributed by atoms with van der Waals surface area (Å²) in [5.74, 6) is 0. The minimum atomic E-state index is -4.76. The SMILES string of the molecule is CC(C)(C)OC(=O)N1CCN(c2cccc(C(N)(N)C(F)(F)F)c2)CC1. The van der Waals surface area contributed by atoms with E-state index in [1.807, 2.05) is 4.90 Å². The number of hydrogen-bond donors (Lipinski definition) is 2. The molecule has 6 nitrogen and oxygen atoms in total. The van der Waals surface area contributed by atoms with Crippen LogP contribution in [-0.2, 0) is 10.4 Å². The fraction of sp³-hybridized carbons (Fsp3) is 0.588. The minimum absolute atomic E-state index is 0.211. The van der Waals surface area contributed by atoms with Gasteiger partial charge in [0.15, 0.2) is 5.66 Å². The summed E-state index contributed by atoms with van der Waals surface area (Å²) < 4.78 is 44.5. The maximum absolute atomic E-state index is 13.0. The highest BCUT2D eigenvalue weighted by Gasteiger charge is 2.50. The molecule has 1 aliphatic rings. The molecule has 0 aliphatic carbocycles. The molecule has 2 rings (SSSR count). The second-order valence-electron chi connectivity index (χ2n) is 7.37. The molecular weight excluding hydrogens is 349 g/mol. The fourth-order valence-corrected chi connectivity index (χ4v) is 2.60. The number of halogens is 3. The van der Waals surface area contributed by atoms with Crippen LogP contribution >= 0.6 is 0 Å². The predicted octanol–water partition coefficient (Wildman–Crippen LogP) is 2.38. The second kappa shape index (κ2) is 6.96. The molecule has 0 aromatic heterocycles. The van der Waals surface area contributed by atoms with Gasteiger partial charge in [-0.05, 0) is 38.5 Å². The molecule has 26 heavy (non-hydrogen) atoms. The Balaban J connectivity index is 2.06. The molecule has 0 radical (unpaired) electrons. The van der Waals surface area contributed by atoms with E-state index in [1.165, 1.54) is 18.2 Å². The largest absolute Gasteiger partial charge is 0.444 e. The predicted molar refractivity (Wildman–Crippen MR) is 92.6 cm³/mol. The molecule has 1 heterocycles. The van der Waals surface area contributed by atoms with E-state index in [4.69, 9.17) is 16.2 Å². The van der Waals surface area contributed by atoms with E-state index in [2.05, 4.69) is 0 Å². The summed E-state index contributed by atoms with van der Waals surface area (Å²) in [4.78, 5) is 15.5. The smallest absolute Gasteiger partial charge is 0.423 e. The molecule has 0 unspecified atom stereocenters. The quantitative estimate of drug-likeness (QED) is 0.777. The zero-order valence-electron chi connectivity index (χ0n) is 15.1. The van der Waals surface area contributed by atoms with Gasteiger partial charge in [-0.3, -0.25) is 0 Å². The van der Waals surface area contributed by atoms with Crippen LogP contribution in [0, 0.1) is 0 Å². The number of piperazine rings is 1. The third-order valence-corrected chi connectivity index (χ3v) is 4.09. The van der Waals surface area contributed by atoms with Crippen molar-refractivity contribution in [3.8, 4) is 0 Å². The molecule has 4 N–H and O–H groups in total. The summed E-state index contributed by atoms with van der Waals surface area (Å²) in [6.45, 7) is 7.13. The van der Waals surface area contributed by atoms with Crippen LogP contribution in [-0.4, -0.2) is 48.9 Å². The lowest BCUT2D eigenvalue weighted by molar-refractivity contribution is -0.188. The normalized spacial score (nSPS) is 16.6. The number of alkyl halides is 3. The van der Waals surface area contributed by atoms with Crippen LogP contribution in [0.2, 0.25) is 0 Å². The average Bonchev–Trinajstić information content (AvgIpc) is 2.52. The lowest BCUT2D eigenvalue weighted by Gasteiger charge is -2.37. The van der Waals surface area contributed by atoms with Crippen LogP contribution in [0.4, 0.5) is 23.7 Å². The van der Waals surface area contributed by atoms with E-state index in [-0.39, 0.29) is 5.56 Å². The number of nitrogens with two attached hydrogens (primary N) is 2. The maximum Gasteiger partial charge on any atom is 0.423 e. The lowest BCUT2D eigenvalue weighted by atomic mass is 10.00. The molecule has 1 aromatic rings. The van der Waals surface area contributed by atoms with Gasteiger partial charge in [-0.1, -0.05) is 12.1 Å². The van der Waals surface area contributed by atoms with Crippen molar-refractivity contribution >= 4 is 11.8 Å². The summed E-state index contributed by atoms with van der Waals surface area (Å²) in [6.07, 6.45) is -5.16. The number of benzene rings is 1. The number of ether oxygens (including phenoxy) is 1. The number of anilines is 1. The van der Waals surface area contributed by atoms with Gasteiger partial charge in [0.05, 0.1) is 0 Å². The molecule has 1 fully saturated rings. The molecule has 1 amide bonds. The zero-order chi connectivity index (χ0) is 19.8. The number of hydrogen-bond acceptors (Lipinski definition) is 5. The van der Waals surface area contributed by atoms with Gasteiger partial charge in [-0.25, -0.2) is 4.79 Å². The summed E-state index contributed by atoms with van der Waals surface area (Å²) in [7, 11) is 0. The molecule has 0 spiro atoms. The fourth-order valence-electron chi connectivity index (χ4n) is 2.60. The molecule has 1 aliphatic heterocycles. The van der Waals surface area contributed by atoms with Crippen molar-refractivity contribution in [1.82, 2.24) is 4.90 Å². The number of amides is 1. The first-order valence-corrected chi connectivity index (χ1v) is 8.29. The Bertz CT molecular complexity index is 648. The summed E-state index contributed by atoms with van der Waals surface area (Å²) in [6, 6.07) is 5.79. The highest BCUT2D eigenvalue weighted by Crippen LogP contribution is 2.34. The first kappa shape index (κ1) is 20.3. The highest BCUT2D eigenvalue weighted by molar-refractivity contribution is 5.68. The van der Waals surface area contributed by atoms with E-state index in [0.717, 1.165) is 0 Å². The summed E-state index contributed by atoms with van der Waals surface area (Å²) in [5, 5.41) is 0.